The number of halogens is 2. The van der Waals surface area contributed by atoms with Crippen LogP contribution in [0.1, 0.15) is 17.5 Å². The van der Waals surface area contributed by atoms with Crippen molar-refractivity contribution in [3.05, 3.63) is 64.4 Å². The number of amides is 1. The number of anilines is 1. The molecule has 20 heavy (non-hydrogen) atoms. The summed E-state index contributed by atoms with van der Waals surface area (Å²) >= 11 is 5.90. The number of benzene rings is 2. The monoisotopic (exact) mass is 291 g/mol. The van der Waals surface area contributed by atoms with Crippen LogP contribution in [0.25, 0.3) is 0 Å². The molecule has 0 atom stereocenters. The Morgan fingerprint density at radius 1 is 1.25 bits per heavy atom. The normalized spacial score (nSPS) is 10.3. The molecular formula is C16H15ClFNO. The first-order chi connectivity index (χ1) is 9.54. The summed E-state index contributed by atoms with van der Waals surface area (Å²) in [5, 5.41) is 3.40. The fourth-order valence-electron chi connectivity index (χ4n) is 1.89. The van der Waals surface area contributed by atoms with Crippen molar-refractivity contribution in [3.63, 3.8) is 0 Å². The van der Waals surface area contributed by atoms with Gasteiger partial charge in [0.1, 0.15) is 5.82 Å². The van der Waals surface area contributed by atoms with E-state index in [1.807, 2.05) is 13.0 Å². The Labute approximate surface area is 122 Å². The summed E-state index contributed by atoms with van der Waals surface area (Å²) in [4.78, 5) is 11.9. The molecule has 0 aromatic heterocycles. The largest absolute Gasteiger partial charge is 0.326 e. The molecule has 2 nitrogen and oxygen atoms in total. The van der Waals surface area contributed by atoms with Crippen molar-refractivity contribution in [1.29, 1.82) is 0 Å². The lowest BCUT2D eigenvalue weighted by atomic mass is 10.1. The van der Waals surface area contributed by atoms with Gasteiger partial charge in [-0.2, -0.15) is 0 Å². The summed E-state index contributed by atoms with van der Waals surface area (Å²) in [6, 6.07) is 11.6. The molecule has 0 fully saturated rings. The molecule has 0 aliphatic heterocycles. The number of carbonyl (C=O) groups is 1. The summed E-state index contributed by atoms with van der Waals surface area (Å²) in [7, 11) is 0. The van der Waals surface area contributed by atoms with Gasteiger partial charge in [0, 0.05) is 17.1 Å². The van der Waals surface area contributed by atoms with E-state index in [-0.39, 0.29) is 11.7 Å². The van der Waals surface area contributed by atoms with Gasteiger partial charge in [0.2, 0.25) is 5.91 Å². The Hall–Kier alpha value is -1.87. The Balaban J connectivity index is 1.94. The zero-order valence-corrected chi connectivity index (χ0v) is 11.9. The van der Waals surface area contributed by atoms with Crippen molar-refractivity contribution < 1.29 is 9.18 Å². The van der Waals surface area contributed by atoms with Crippen molar-refractivity contribution in [1.82, 2.24) is 0 Å². The molecule has 4 heteroatoms. The van der Waals surface area contributed by atoms with E-state index < -0.39 is 0 Å². The molecule has 1 amide bonds. The third-order valence-electron chi connectivity index (χ3n) is 3.00. The first-order valence-electron chi connectivity index (χ1n) is 6.35. The topological polar surface area (TPSA) is 29.1 Å². The first kappa shape index (κ1) is 14.5. The molecule has 0 radical (unpaired) electrons. The average molecular weight is 292 g/mol. The number of hydrogen-bond acceptors (Lipinski definition) is 1. The maximum absolute atomic E-state index is 13.0. The minimum atomic E-state index is -0.284. The van der Waals surface area contributed by atoms with Gasteiger partial charge < -0.3 is 5.32 Å². The minimum absolute atomic E-state index is 0.111. The molecule has 0 spiro atoms. The molecule has 0 saturated carbocycles. The molecule has 0 saturated heterocycles. The van der Waals surface area contributed by atoms with E-state index in [4.69, 9.17) is 11.6 Å². The predicted molar refractivity (Wildman–Crippen MR) is 79.5 cm³/mol. The highest BCUT2D eigenvalue weighted by Crippen LogP contribution is 2.20. The average Bonchev–Trinajstić information content (AvgIpc) is 2.41. The number of carbonyl (C=O) groups excluding carboxylic acids is 1. The minimum Gasteiger partial charge on any atom is -0.326 e. The Morgan fingerprint density at radius 2 is 2.05 bits per heavy atom. The van der Waals surface area contributed by atoms with Gasteiger partial charge in [-0.05, 0) is 48.7 Å². The molecule has 0 heterocycles. The molecular weight excluding hydrogens is 277 g/mol. The quantitative estimate of drug-likeness (QED) is 0.891. The van der Waals surface area contributed by atoms with Gasteiger partial charge in [0.15, 0.2) is 0 Å². The van der Waals surface area contributed by atoms with Crippen molar-refractivity contribution in [3.8, 4) is 0 Å². The molecule has 0 aliphatic carbocycles. The highest BCUT2D eigenvalue weighted by atomic mass is 35.5. The molecule has 2 aromatic rings. The predicted octanol–water partition coefficient (Wildman–Crippen LogP) is 4.36. The van der Waals surface area contributed by atoms with Gasteiger partial charge in [0.05, 0.1) is 0 Å². The molecule has 2 rings (SSSR count). The van der Waals surface area contributed by atoms with Crippen LogP contribution in [0, 0.1) is 12.7 Å². The number of rotatable bonds is 4. The van der Waals surface area contributed by atoms with E-state index in [0.717, 1.165) is 11.1 Å². The Kier molecular flexibility index (Phi) is 4.74. The van der Waals surface area contributed by atoms with E-state index >= 15 is 0 Å². The number of hydrogen-bond donors (Lipinski definition) is 1. The molecule has 2 aromatic carbocycles. The second-order valence-corrected chi connectivity index (χ2v) is 5.07. The van der Waals surface area contributed by atoms with E-state index in [1.165, 1.54) is 12.1 Å². The lowest BCUT2D eigenvalue weighted by molar-refractivity contribution is -0.116. The summed E-state index contributed by atoms with van der Waals surface area (Å²) in [5.41, 5.74) is 2.47. The van der Waals surface area contributed by atoms with Gasteiger partial charge in [-0.1, -0.05) is 29.8 Å². The van der Waals surface area contributed by atoms with Gasteiger partial charge in [-0.15, -0.1) is 0 Å². The molecule has 0 aliphatic rings. The van der Waals surface area contributed by atoms with E-state index in [9.17, 15) is 9.18 Å². The van der Waals surface area contributed by atoms with Crippen LogP contribution in [0.3, 0.4) is 0 Å². The lowest BCUT2D eigenvalue weighted by Crippen LogP contribution is -2.13. The first-order valence-corrected chi connectivity index (χ1v) is 6.73. The van der Waals surface area contributed by atoms with Crippen LogP contribution >= 0.6 is 11.6 Å². The SMILES string of the molecule is Cc1ccc(Cl)cc1NC(=O)CCc1cccc(F)c1. The van der Waals surface area contributed by atoms with E-state index in [2.05, 4.69) is 5.32 Å². The zero-order chi connectivity index (χ0) is 14.5. The summed E-state index contributed by atoms with van der Waals surface area (Å²) in [5.74, 6) is -0.395. The Morgan fingerprint density at radius 3 is 2.80 bits per heavy atom. The fourth-order valence-corrected chi connectivity index (χ4v) is 2.06. The van der Waals surface area contributed by atoms with Crippen LogP contribution in [0.15, 0.2) is 42.5 Å². The summed E-state index contributed by atoms with van der Waals surface area (Å²) in [6.07, 6.45) is 0.804. The Bertz CT molecular complexity index is 628. The number of nitrogens with one attached hydrogen (secondary N) is 1. The highest BCUT2D eigenvalue weighted by molar-refractivity contribution is 6.31. The third kappa shape index (κ3) is 4.07. The van der Waals surface area contributed by atoms with Crippen LogP contribution in [-0.4, -0.2) is 5.91 Å². The smallest absolute Gasteiger partial charge is 0.224 e. The second-order valence-electron chi connectivity index (χ2n) is 4.64. The van der Waals surface area contributed by atoms with Crippen LogP contribution in [0.4, 0.5) is 10.1 Å². The van der Waals surface area contributed by atoms with Crippen molar-refractivity contribution in [2.24, 2.45) is 0 Å². The van der Waals surface area contributed by atoms with Crippen LogP contribution in [0.2, 0.25) is 5.02 Å². The van der Waals surface area contributed by atoms with E-state index in [1.54, 1.807) is 24.3 Å². The van der Waals surface area contributed by atoms with Crippen molar-refractivity contribution in [2.45, 2.75) is 19.8 Å². The highest BCUT2D eigenvalue weighted by Gasteiger charge is 2.06. The van der Waals surface area contributed by atoms with E-state index in [0.29, 0.717) is 23.6 Å². The van der Waals surface area contributed by atoms with Crippen LogP contribution in [0.5, 0.6) is 0 Å². The van der Waals surface area contributed by atoms with Gasteiger partial charge in [-0.25, -0.2) is 4.39 Å². The summed E-state index contributed by atoms with van der Waals surface area (Å²) < 4.78 is 13.0. The number of aryl methyl sites for hydroxylation is 2. The molecule has 0 unspecified atom stereocenters. The van der Waals surface area contributed by atoms with Gasteiger partial charge in [-0.3, -0.25) is 4.79 Å². The van der Waals surface area contributed by atoms with Gasteiger partial charge >= 0.3 is 0 Å². The van der Waals surface area contributed by atoms with Crippen LogP contribution in [-0.2, 0) is 11.2 Å². The third-order valence-corrected chi connectivity index (χ3v) is 3.24. The second kappa shape index (κ2) is 6.53. The lowest BCUT2D eigenvalue weighted by Gasteiger charge is -2.09. The van der Waals surface area contributed by atoms with Crippen molar-refractivity contribution in [2.75, 3.05) is 5.32 Å². The fraction of sp³-hybridized carbons (Fsp3) is 0.188. The van der Waals surface area contributed by atoms with Crippen LogP contribution < -0.4 is 5.32 Å². The summed E-state index contributed by atoms with van der Waals surface area (Å²) in [6.45, 7) is 1.90. The molecule has 0 bridgehead atoms. The molecule has 1 N–H and O–H groups in total. The maximum Gasteiger partial charge on any atom is 0.224 e. The van der Waals surface area contributed by atoms with Crippen molar-refractivity contribution >= 4 is 23.2 Å². The molecule has 104 valence electrons. The van der Waals surface area contributed by atoms with Gasteiger partial charge in [0.25, 0.3) is 0 Å². The zero-order valence-electron chi connectivity index (χ0n) is 11.1. The maximum atomic E-state index is 13.0. The standard InChI is InChI=1S/C16H15ClFNO/c1-11-5-7-13(17)10-15(11)19-16(20)8-6-12-3-2-4-14(18)9-12/h2-5,7,9-10H,6,8H2,1H3,(H,19,20).